The molecular weight excluding hydrogens is 362 g/mol. The molecule has 1 saturated heterocycles. The second-order valence-electron chi connectivity index (χ2n) is 5.07. The summed E-state index contributed by atoms with van der Waals surface area (Å²) in [6.45, 7) is 2.07. The van der Waals surface area contributed by atoms with Crippen molar-refractivity contribution in [3.8, 4) is 0 Å². The number of aliphatic hydroxyl groups is 1. The quantitative estimate of drug-likeness (QED) is 0.681. The summed E-state index contributed by atoms with van der Waals surface area (Å²) >= 11 is 3.41. The maximum Gasteiger partial charge on any atom is 0.314 e. The normalized spacial score (nSPS) is 18.9. The zero-order valence-electron chi connectivity index (χ0n) is 11.1. The number of aliphatic hydroxyl groups excluding tert-OH is 1. The van der Waals surface area contributed by atoms with Gasteiger partial charge in [-0.1, -0.05) is 15.9 Å². The number of H-pyrrole nitrogens is 2. The van der Waals surface area contributed by atoms with Crippen molar-refractivity contribution in [1.82, 2.24) is 14.9 Å². The lowest BCUT2D eigenvalue weighted by Crippen LogP contribution is -2.29. The number of aromatic nitrogens is 2. The molecular formula is C13H15BrClN3O3. The Balaban J connectivity index is 0.00000161. The summed E-state index contributed by atoms with van der Waals surface area (Å²) in [5.41, 5.74) is 0.843. The number of hydrogen-bond donors (Lipinski definition) is 3. The number of fused-ring (bicyclic) bond motifs is 1. The molecule has 2 heterocycles. The zero-order valence-corrected chi connectivity index (χ0v) is 13.5. The molecule has 0 radical (unpaired) electrons. The third-order valence-corrected chi connectivity index (χ3v) is 3.98. The number of β-amino-alcohol motifs (C(OH)–C–C–N with tert-alkyl or cyclic N) is 1. The number of halogens is 2. The highest BCUT2D eigenvalue weighted by molar-refractivity contribution is 9.10. The van der Waals surface area contributed by atoms with Gasteiger partial charge in [-0.05, 0) is 24.1 Å². The number of nitrogens with one attached hydrogen (secondary N) is 2. The minimum atomic E-state index is -0.654. The number of nitrogens with zero attached hydrogens (tertiary/aromatic N) is 1. The molecule has 0 bridgehead atoms. The lowest BCUT2D eigenvalue weighted by atomic mass is 10.1. The molecule has 1 aliphatic rings. The maximum absolute atomic E-state index is 11.5. The Hall–Kier alpha value is -1.15. The van der Waals surface area contributed by atoms with E-state index in [0.29, 0.717) is 24.1 Å². The molecule has 1 aromatic carbocycles. The molecule has 0 aliphatic carbocycles. The van der Waals surface area contributed by atoms with E-state index in [0.717, 1.165) is 23.0 Å². The van der Waals surface area contributed by atoms with Gasteiger partial charge in [-0.3, -0.25) is 14.5 Å². The minimum Gasteiger partial charge on any atom is -0.392 e. The Morgan fingerprint density at radius 1 is 1.29 bits per heavy atom. The first kappa shape index (κ1) is 16.2. The highest BCUT2D eigenvalue weighted by atomic mass is 79.9. The number of hydrogen-bond acceptors (Lipinski definition) is 4. The minimum absolute atomic E-state index is 0. The van der Waals surface area contributed by atoms with E-state index in [1.54, 1.807) is 6.07 Å². The summed E-state index contributed by atoms with van der Waals surface area (Å²) < 4.78 is 0.836. The summed E-state index contributed by atoms with van der Waals surface area (Å²) in [6, 6.07) is 3.68. The molecule has 6 nitrogen and oxygen atoms in total. The van der Waals surface area contributed by atoms with Crippen molar-refractivity contribution in [3.63, 3.8) is 0 Å². The Bertz CT molecular complexity index is 773. The van der Waals surface area contributed by atoms with Gasteiger partial charge in [-0.15, -0.1) is 12.4 Å². The van der Waals surface area contributed by atoms with Crippen LogP contribution in [0.5, 0.6) is 0 Å². The fraction of sp³-hybridized carbons (Fsp3) is 0.385. The lowest BCUT2D eigenvalue weighted by molar-refractivity contribution is 0.175. The summed E-state index contributed by atoms with van der Waals surface area (Å²) in [5, 5.41) is 9.57. The van der Waals surface area contributed by atoms with E-state index >= 15 is 0 Å². The van der Waals surface area contributed by atoms with Crippen LogP contribution >= 0.6 is 28.3 Å². The summed E-state index contributed by atoms with van der Waals surface area (Å²) in [6.07, 6.45) is 0.478. The molecule has 1 atom stereocenters. The van der Waals surface area contributed by atoms with Crippen molar-refractivity contribution >= 4 is 39.4 Å². The zero-order chi connectivity index (χ0) is 14.3. The largest absolute Gasteiger partial charge is 0.392 e. The second kappa shape index (κ2) is 6.31. The smallest absolute Gasteiger partial charge is 0.314 e. The summed E-state index contributed by atoms with van der Waals surface area (Å²) in [4.78, 5) is 30.2. The Morgan fingerprint density at radius 3 is 2.67 bits per heavy atom. The standard InChI is InChI=1S/C13H14BrN3O3.ClH/c14-8-3-7(5-17-2-1-9(18)6-17)11-10(4-8)15-12(19)13(20)16-11;/h3-4,9,18H,1-2,5-6H2,(H,15,19)(H,16,20);1H. The highest BCUT2D eigenvalue weighted by Gasteiger charge is 2.21. The van der Waals surface area contributed by atoms with Gasteiger partial charge in [0.15, 0.2) is 0 Å². The molecule has 0 amide bonds. The highest BCUT2D eigenvalue weighted by Crippen LogP contribution is 2.23. The number of likely N-dealkylation sites (tertiary alicyclic amines) is 1. The Morgan fingerprint density at radius 2 is 2.00 bits per heavy atom. The van der Waals surface area contributed by atoms with Gasteiger partial charge in [0, 0.05) is 24.1 Å². The van der Waals surface area contributed by atoms with Crippen molar-refractivity contribution < 1.29 is 5.11 Å². The SMILES string of the molecule is Cl.O=c1[nH]c2cc(Br)cc(CN3CCC(O)C3)c2[nH]c1=O. The predicted octanol–water partition coefficient (Wildman–Crippen LogP) is 0.967. The Kier molecular flexibility index (Phi) is 4.88. The first-order valence-corrected chi connectivity index (χ1v) is 7.17. The molecule has 0 spiro atoms. The fourth-order valence-corrected chi connectivity index (χ4v) is 3.09. The van der Waals surface area contributed by atoms with Gasteiger partial charge < -0.3 is 15.1 Å². The topological polar surface area (TPSA) is 89.2 Å². The lowest BCUT2D eigenvalue weighted by Gasteiger charge is -2.16. The van der Waals surface area contributed by atoms with Crippen molar-refractivity contribution in [2.75, 3.05) is 13.1 Å². The van der Waals surface area contributed by atoms with Gasteiger partial charge in [0.05, 0.1) is 17.1 Å². The van der Waals surface area contributed by atoms with E-state index in [9.17, 15) is 14.7 Å². The van der Waals surface area contributed by atoms with Crippen LogP contribution in [0.3, 0.4) is 0 Å². The monoisotopic (exact) mass is 375 g/mol. The predicted molar refractivity (Wildman–Crippen MR) is 86.0 cm³/mol. The van der Waals surface area contributed by atoms with Crippen molar-refractivity contribution in [3.05, 3.63) is 42.9 Å². The molecule has 114 valence electrons. The average molecular weight is 377 g/mol. The second-order valence-corrected chi connectivity index (χ2v) is 5.99. The van der Waals surface area contributed by atoms with Crippen LogP contribution in [0.25, 0.3) is 11.0 Å². The first-order valence-electron chi connectivity index (χ1n) is 6.38. The van der Waals surface area contributed by atoms with Crippen molar-refractivity contribution in [2.24, 2.45) is 0 Å². The van der Waals surface area contributed by atoms with Crippen LogP contribution < -0.4 is 11.1 Å². The molecule has 21 heavy (non-hydrogen) atoms. The van der Waals surface area contributed by atoms with Gasteiger partial charge >= 0.3 is 11.1 Å². The van der Waals surface area contributed by atoms with E-state index in [1.165, 1.54) is 0 Å². The van der Waals surface area contributed by atoms with Gasteiger partial charge in [0.1, 0.15) is 0 Å². The molecule has 1 unspecified atom stereocenters. The van der Waals surface area contributed by atoms with E-state index < -0.39 is 11.1 Å². The molecule has 0 saturated carbocycles. The molecule has 3 N–H and O–H groups in total. The van der Waals surface area contributed by atoms with Gasteiger partial charge in [-0.25, -0.2) is 0 Å². The van der Waals surface area contributed by atoms with Crippen LogP contribution in [-0.4, -0.2) is 39.2 Å². The van der Waals surface area contributed by atoms with Gasteiger partial charge in [0.25, 0.3) is 0 Å². The summed E-state index contributed by atoms with van der Waals surface area (Å²) in [7, 11) is 0. The van der Waals surface area contributed by atoms with Crippen LogP contribution in [-0.2, 0) is 6.54 Å². The molecule has 1 aromatic heterocycles. The third-order valence-electron chi connectivity index (χ3n) is 3.52. The number of aromatic amines is 2. The summed E-state index contributed by atoms with van der Waals surface area (Å²) in [5.74, 6) is 0. The third kappa shape index (κ3) is 3.37. The van der Waals surface area contributed by atoms with Crippen LogP contribution in [0.4, 0.5) is 0 Å². The van der Waals surface area contributed by atoms with E-state index in [2.05, 4.69) is 30.8 Å². The molecule has 2 aromatic rings. The van der Waals surface area contributed by atoms with Crippen molar-refractivity contribution in [2.45, 2.75) is 19.1 Å². The Labute approximate surface area is 134 Å². The van der Waals surface area contributed by atoms with Crippen LogP contribution in [0.15, 0.2) is 26.2 Å². The molecule has 1 fully saturated rings. The number of benzene rings is 1. The van der Waals surface area contributed by atoms with Gasteiger partial charge in [0.2, 0.25) is 0 Å². The van der Waals surface area contributed by atoms with Crippen molar-refractivity contribution in [1.29, 1.82) is 0 Å². The van der Waals surface area contributed by atoms with E-state index in [1.807, 2.05) is 6.07 Å². The van der Waals surface area contributed by atoms with Crippen LogP contribution in [0.1, 0.15) is 12.0 Å². The maximum atomic E-state index is 11.5. The molecule has 3 rings (SSSR count). The fourth-order valence-electron chi connectivity index (χ4n) is 2.58. The average Bonchev–Trinajstić information content (AvgIpc) is 2.77. The van der Waals surface area contributed by atoms with Crippen LogP contribution in [0, 0.1) is 0 Å². The van der Waals surface area contributed by atoms with Crippen LogP contribution in [0.2, 0.25) is 0 Å². The molecule has 8 heteroatoms. The van der Waals surface area contributed by atoms with E-state index in [-0.39, 0.29) is 18.5 Å². The number of rotatable bonds is 2. The molecule has 1 aliphatic heterocycles. The van der Waals surface area contributed by atoms with Gasteiger partial charge in [-0.2, -0.15) is 0 Å². The first-order chi connectivity index (χ1) is 9.52. The van der Waals surface area contributed by atoms with E-state index in [4.69, 9.17) is 0 Å².